The van der Waals surface area contributed by atoms with E-state index in [0.29, 0.717) is 12.1 Å². The number of halogens is 1. The summed E-state index contributed by atoms with van der Waals surface area (Å²) < 4.78 is 6.58. The molecule has 1 atom stereocenters. The Hall–Kier alpha value is -0.880. The molecule has 6 heteroatoms. The van der Waals surface area contributed by atoms with Gasteiger partial charge in [-0.25, -0.2) is 4.98 Å². The van der Waals surface area contributed by atoms with Crippen LogP contribution in [-0.2, 0) is 4.74 Å². The maximum absolute atomic E-state index is 5.66. The Labute approximate surface area is 122 Å². The predicted octanol–water partition coefficient (Wildman–Crippen LogP) is 2.68. The lowest BCUT2D eigenvalue weighted by Gasteiger charge is -2.23. The number of nitrogens with zero attached hydrogens (tertiary/aromatic N) is 3. The van der Waals surface area contributed by atoms with Crippen LogP contribution in [0.3, 0.4) is 0 Å². The molecule has 5 nitrogen and oxygen atoms in total. The van der Waals surface area contributed by atoms with Crippen LogP contribution in [0, 0.1) is 0 Å². The van der Waals surface area contributed by atoms with Gasteiger partial charge in [-0.3, -0.25) is 0 Å². The number of nitrogens with one attached hydrogen (secondary N) is 1. The zero-order chi connectivity index (χ0) is 13.7. The van der Waals surface area contributed by atoms with E-state index in [0.717, 1.165) is 49.2 Å². The van der Waals surface area contributed by atoms with Crippen molar-refractivity contribution >= 4 is 27.7 Å². The minimum atomic E-state index is 0.318. The maximum atomic E-state index is 5.66. The summed E-state index contributed by atoms with van der Waals surface area (Å²) in [7, 11) is 2.04. The van der Waals surface area contributed by atoms with E-state index in [1.807, 2.05) is 7.05 Å². The van der Waals surface area contributed by atoms with Gasteiger partial charge in [-0.05, 0) is 35.2 Å². The highest BCUT2D eigenvalue weighted by atomic mass is 79.9. The quantitative estimate of drug-likeness (QED) is 0.870. The number of anilines is 2. The van der Waals surface area contributed by atoms with Gasteiger partial charge in [0.2, 0.25) is 5.95 Å². The number of rotatable bonds is 6. The van der Waals surface area contributed by atoms with Crippen molar-refractivity contribution in [2.45, 2.75) is 32.3 Å². The third-order valence-electron chi connectivity index (χ3n) is 3.12. The summed E-state index contributed by atoms with van der Waals surface area (Å²) >= 11 is 3.51. The van der Waals surface area contributed by atoms with Crippen molar-refractivity contribution in [3.05, 3.63) is 10.7 Å². The van der Waals surface area contributed by atoms with Gasteiger partial charge in [0.1, 0.15) is 5.82 Å². The number of hydrogen-bond acceptors (Lipinski definition) is 5. The molecule has 0 spiro atoms. The van der Waals surface area contributed by atoms with Crippen LogP contribution < -0.4 is 10.2 Å². The first-order valence-electron chi connectivity index (χ1n) is 6.80. The Bertz CT molecular complexity index is 410. The zero-order valence-electron chi connectivity index (χ0n) is 11.5. The van der Waals surface area contributed by atoms with Crippen molar-refractivity contribution in [2.75, 3.05) is 37.0 Å². The number of likely N-dealkylation sites (N-methyl/N-ethyl adjacent to an activating group) is 1. The van der Waals surface area contributed by atoms with Crippen LogP contribution >= 0.6 is 15.9 Å². The fourth-order valence-corrected chi connectivity index (χ4v) is 2.62. The van der Waals surface area contributed by atoms with Crippen LogP contribution in [0.4, 0.5) is 11.8 Å². The summed E-state index contributed by atoms with van der Waals surface area (Å²) in [6.45, 7) is 4.75. The Morgan fingerprint density at radius 3 is 3.11 bits per heavy atom. The van der Waals surface area contributed by atoms with Crippen LogP contribution in [0.1, 0.15) is 26.2 Å². The highest BCUT2D eigenvalue weighted by Crippen LogP contribution is 2.25. The van der Waals surface area contributed by atoms with Crippen LogP contribution in [0.5, 0.6) is 0 Å². The van der Waals surface area contributed by atoms with E-state index in [1.54, 1.807) is 6.20 Å². The fourth-order valence-electron chi connectivity index (χ4n) is 2.13. The first-order valence-corrected chi connectivity index (χ1v) is 7.59. The van der Waals surface area contributed by atoms with Crippen molar-refractivity contribution in [1.82, 2.24) is 9.97 Å². The summed E-state index contributed by atoms with van der Waals surface area (Å²) in [5.41, 5.74) is 0. The van der Waals surface area contributed by atoms with Crippen molar-refractivity contribution < 1.29 is 4.74 Å². The third kappa shape index (κ3) is 4.04. The van der Waals surface area contributed by atoms with Crippen molar-refractivity contribution in [2.24, 2.45) is 0 Å². The van der Waals surface area contributed by atoms with Crippen LogP contribution in [0.15, 0.2) is 10.7 Å². The first kappa shape index (κ1) is 14.5. The predicted molar refractivity (Wildman–Crippen MR) is 80.8 cm³/mol. The minimum absolute atomic E-state index is 0.318. The standard InChI is InChI=1S/C13H21BrN4O/c1-3-6-15-13-16-8-11(14)12(17-13)18(2)9-10-5-4-7-19-10/h8,10H,3-7,9H2,1-2H3,(H,15,16,17). The maximum Gasteiger partial charge on any atom is 0.224 e. The molecule has 0 radical (unpaired) electrons. The largest absolute Gasteiger partial charge is 0.376 e. The molecule has 2 rings (SSSR count). The SMILES string of the molecule is CCCNc1ncc(Br)c(N(C)CC2CCCO2)n1. The number of aromatic nitrogens is 2. The smallest absolute Gasteiger partial charge is 0.224 e. The van der Waals surface area contributed by atoms with Gasteiger partial charge in [-0.1, -0.05) is 6.92 Å². The lowest BCUT2D eigenvalue weighted by atomic mass is 10.2. The van der Waals surface area contributed by atoms with Gasteiger partial charge in [0.05, 0.1) is 10.6 Å². The Morgan fingerprint density at radius 2 is 2.42 bits per heavy atom. The molecule has 106 valence electrons. The highest BCUT2D eigenvalue weighted by Gasteiger charge is 2.19. The van der Waals surface area contributed by atoms with E-state index in [-0.39, 0.29) is 0 Å². The van der Waals surface area contributed by atoms with Crippen molar-refractivity contribution in [3.63, 3.8) is 0 Å². The molecule has 1 saturated heterocycles. The average molecular weight is 329 g/mol. The minimum Gasteiger partial charge on any atom is -0.376 e. The molecule has 1 aliphatic rings. The summed E-state index contributed by atoms with van der Waals surface area (Å²) in [6.07, 6.45) is 5.46. The molecule has 1 fully saturated rings. The van der Waals surface area contributed by atoms with Gasteiger partial charge in [0.15, 0.2) is 0 Å². The molecular weight excluding hydrogens is 308 g/mol. The second-order valence-corrected chi connectivity index (χ2v) is 5.66. The van der Waals surface area contributed by atoms with Gasteiger partial charge in [0, 0.05) is 32.9 Å². The first-order chi connectivity index (χ1) is 9.20. The Morgan fingerprint density at radius 1 is 1.58 bits per heavy atom. The summed E-state index contributed by atoms with van der Waals surface area (Å²) in [4.78, 5) is 10.9. The summed E-state index contributed by atoms with van der Waals surface area (Å²) in [5, 5.41) is 3.21. The molecule has 0 aliphatic carbocycles. The lowest BCUT2D eigenvalue weighted by molar-refractivity contribution is 0.116. The Kier molecular flexibility index (Phi) is 5.39. The Balaban J connectivity index is 2.03. The second kappa shape index (κ2) is 7.05. The number of ether oxygens (including phenoxy) is 1. The van der Waals surface area contributed by atoms with E-state index < -0.39 is 0 Å². The van der Waals surface area contributed by atoms with Crippen LogP contribution in [0.25, 0.3) is 0 Å². The summed E-state index contributed by atoms with van der Waals surface area (Å²) in [6, 6.07) is 0. The van der Waals surface area contributed by atoms with E-state index in [2.05, 4.69) is 43.0 Å². The topological polar surface area (TPSA) is 50.3 Å². The lowest BCUT2D eigenvalue weighted by Crippen LogP contribution is -2.29. The van der Waals surface area contributed by atoms with Gasteiger partial charge in [-0.2, -0.15) is 4.98 Å². The molecule has 1 aromatic heterocycles. The van der Waals surface area contributed by atoms with Crippen molar-refractivity contribution in [3.8, 4) is 0 Å². The molecule has 1 unspecified atom stereocenters. The highest BCUT2D eigenvalue weighted by molar-refractivity contribution is 9.10. The van der Waals surface area contributed by atoms with Gasteiger partial charge < -0.3 is 15.0 Å². The molecular formula is C13H21BrN4O. The monoisotopic (exact) mass is 328 g/mol. The molecule has 0 amide bonds. The third-order valence-corrected chi connectivity index (χ3v) is 3.68. The van der Waals surface area contributed by atoms with Gasteiger partial charge in [-0.15, -0.1) is 0 Å². The van der Waals surface area contributed by atoms with Crippen molar-refractivity contribution in [1.29, 1.82) is 0 Å². The van der Waals surface area contributed by atoms with Gasteiger partial charge in [0.25, 0.3) is 0 Å². The number of hydrogen-bond donors (Lipinski definition) is 1. The normalized spacial score (nSPS) is 18.6. The molecule has 0 aromatic carbocycles. The zero-order valence-corrected chi connectivity index (χ0v) is 13.1. The molecule has 1 N–H and O–H groups in total. The van der Waals surface area contributed by atoms with E-state index in [1.165, 1.54) is 0 Å². The van der Waals surface area contributed by atoms with Crippen LogP contribution in [-0.4, -0.2) is 42.8 Å². The molecule has 0 saturated carbocycles. The summed E-state index contributed by atoms with van der Waals surface area (Å²) in [5.74, 6) is 1.59. The molecule has 2 heterocycles. The molecule has 1 aliphatic heterocycles. The van der Waals surface area contributed by atoms with Gasteiger partial charge >= 0.3 is 0 Å². The van der Waals surface area contributed by atoms with E-state index in [4.69, 9.17) is 4.74 Å². The van der Waals surface area contributed by atoms with Crippen LogP contribution in [0.2, 0.25) is 0 Å². The molecule has 1 aromatic rings. The van der Waals surface area contributed by atoms with E-state index >= 15 is 0 Å². The van der Waals surface area contributed by atoms with E-state index in [9.17, 15) is 0 Å². The fraction of sp³-hybridized carbons (Fsp3) is 0.692. The molecule has 19 heavy (non-hydrogen) atoms. The second-order valence-electron chi connectivity index (χ2n) is 4.81. The average Bonchev–Trinajstić information content (AvgIpc) is 2.90. The molecule has 0 bridgehead atoms.